The van der Waals surface area contributed by atoms with Gasteiger partial charge in [-0.15, -0.1) is 0 Å². The highest BCUT2D eigenvalue weighted by atomic mass is 16.3. The van der Waals surface area contributed by atoms with Crippen molar-refractivity contribution in [3.8, 4) is 0 Å². The summed E-state index contributed by atoms with van der Waals surface area (Å²) in [6.45, 7) is 4.28. The van der Waals surface area contributed by atoms with Crippen molar-refractivity contribution < 1.29 is 15.0 Å². The summed E-state index contributed by atoms with van der Waals surface area (Å²) < 4.78 is 0. The molecule has 0 heterocycles. The molecule has 0 spiro atoms. The van der Waals surface area contributed by atoms with E-state index in [4.69, 9.17) is 0 Å². The number of nitrogens with one attached hydrogen (secondary N) is 1. The van der Waals surface area contributed by atoms with Crippen molar-refractivity contribution in [3.05, 3.63) is 85.1 Å². The smallest absolute Gasteiger partial charge is 0.220 e. The first-order valence-corrected chi connectivity index (χ1v) is 34.3. The van der Waals surface area contributed by atoms with E-state index in [0.29, 0.717) is 12.8 Å². The van der Waals surface area contributed by atoms with Gasteiger partial charge in [-0.25, -0.2) is 0 Å². The molecule has 0 aliphatic heterocycles. The van der Waals surface area contributed by atoms with Gasteiger partial charge in [-0.2, -0.15) is 0 Å². The summed E-state index contributed by atoms with van der Waals surface area (Å²) in [7, 11) is 0. The third-order valence-electron chi connectivity index (χ3n) is 15.7. The summed E-state index contributed by atoms with van der Waals surface area (Å²) in [5, 5.41) is 23.4. The van der Waals surface area contributed by atoms with Gasteiger partial charge in [-0.1, -0.05) is 362 Å². The number of rotatable bonds is 63. The first kappa shape index (κ1) is 74.6. The van der Waals surface area contributed by atoms with E-state index in [0.717, 1.165) is 70.6 Å². The molecule has 0 aliphatic rings. The largest absolute Gasteiger partial charge is 0.394 e. The van der Waals surface area contributed by atoms with Crippen LogP contribution < -0.4 is 5.32 Å². The lowest BCUT2D eigenvalue weighted by molar-refractivity contribution is -0.123. The van der Waals surface area contributed by atoms with Gasteiger partial charge in [0, 0.05) is 6.42 Å². The summed E-state index contributed by atoms with van der Waals surface area (Å²) in [5.74, 6) is -0.0264. The van der Waals surface area contributed by atoms with E-state index in [-0.39, 0.29) is 12.5 Å². The number of aliphatic hydroxyl groups is 2. The minimum atomic E-state index is -0.662. The van der Waals surface area contributed by atoms with Gasteiger partial charge in [-0.3, -0.25) is 4.79 Å². The molecule has 0 aromatic heterocycles. The number of carbonyl (C=O) groups excluding carboxylic acids is 1. The van der Waals surface area contributed by atoms with E-state index in [9.17, 15) is 15.0 Å². The van der Waals surface area contributed by atoms with Crippen molar-refractivity contribution >= 4 is 5.91 Å². The maximum atomic E-state index is 12.6. The average Bonchev–Trinajstić information content (AvgIpc) is 3.43. The van der Waals surface area contributed by atoms with Gasteiger partial charge >= 0.3 is 0 Å². The van der Waals surface area contributed by atoms with Crippen molar-refractivity contribution in [1.29, 1.82) is 0 Å². The predicted octanol–water partition coefficient (Wildman–Crippen LogP) is 23.4. The van der Waals surface area contributed by atoms with Crippen molar-refractivity contribution in [2.75, 3.05) is 6.61 Å². The molecule has 0 aliphatic carbocycles. The Labute approximate surface area is 481 Å². The third kappa shape index (κ3) is 64.3. The van der Waals surface area contributed by atoms with E-state index in [2.05, 4.69) is 104 Å². The molecule has 77 heavy (non-hydrogen) atoms. The van der Waals surface area contributed by atoms with Crippen LogP contribution in [0.5, 0.6) is 0 Å². The predicted molar refractivity (Wildman–Crippen MR) is 345 cm³/mol. The molecule has 0 rings (SSSR count). The third-order valence-corrected chi connectivity index (χ3v) is 15.7. The van der Waals surface area contributed by atoms with E-state index in [1.165, 1.54) is 257 Å². The molecule has 2 unspecified atom stereocenters. The van der Waals surface area contributed by atoms with Crippen LogP contribution in [0.2, 0.25) is 0 Å². The lowest BCUT2D eigenvalue weighted by Gasteiger charge is -2.22. The summed E-state index contributed by atoms with van der Waals surface area (Å²) >= 11 is 0. The molecule has 0 saturated carbocycles. The Balaban J connectivity index is 3.44. The average molecular weight is 1070 g/mol. The van der Waals surface area contributed by atoms with Gasteiger partial charge < -0.3 is 15.5 Å². The zero-order valence-corrected chi connectivity index (χ0v) is 51.7. The number of hydrogen-bond acceptors (Lipinski definition) is 3. The molecular weight excluding hydrogens is 939 g/mol. The molecule has 3 N–H and O–H groups in total. The number of carbonyl (C=O) groups is 1. The maximum Gasteiger partial charge on any atom is 0.220 e. The van der Waals surface area contributed by atoms with Crippen LogP contribution in [-0.4, -0.2) is 34.9 Å². The lowest BCUT2D eigenvalue weighted by Crippen LogP contribution is -2.45. The van der Waals surface area contributed by atoms with Crippen LogP contribution in [0.4, 0.5) is 0 Å². The first-order valence-electron chi connectivity index (χ1n) is 34.3. The minimum absolute atomic E-state index is 0.0264. The van der Waals surface area contributed by atoms with Crippen LogP contribution in [-0.2, 0) is 4.79 Å². The molecule has 448 valence electrons. The summed E-state index contributed by atoms with van der Waals surface area (Å²) in [6.07, 6.45) is 99.1. The molecule has 0 fully saturated rings. The monoisotopic (exact) mass is 1070 g/mol. The molecular formula is C73H133NO3. The van der Waals surface area contributed by atoms with Gasteiger partial charge in [0.1, 0.15) is 0 Å². The van der Waals surface area contributed by atoms with Gasteiger partial charge in [-0.05, 0) is 70.6 Å². The molecule has 4 heteroatoms. The van der Waals surface area contributed by atoms with Crippen molar-refractivity contribution in [1.82, 2.24) is 5.32 Å². The zero-order chi connectivity index (χ0) is 55.5. The Kier molecular flexibility index (Phi) is 65.7. The molecule has 0 aromatic rings. The standard InChI is InChI=1S/C73H133NO3/c1-3-5-7-9-11-13-15-17-19-21-23-25-27-29-30-31-32-33-34-35-36-37-38-39-40-41-42-43-44-45-47-49-51-53-55-57-59-61-63-65-67-69-73(77)74-71(70-75)72(76)68-66-64-62-60-58-56-54-52-50-48-46-28-26-24-22-20-18-16-14-12-10-8-6-4-2/h5,7,11,13,17,19,23,25,29-30,32-33,35-36,71-72,75-76H,3-4,6,8-10,12,14-16,18,20-22,24,26-28,31,34,37-70H2,1-2H3,(H,74,77)/b7-5-,13-11-,19-17-,25-23-,30-29-,33-32-,36-35-. The Morgan fingerprint density at radius 1 is 0.325 bits per heavy atom. The number of hydrogen-bond donors (Lipinski definition) is 3. The lowest BCUT2D eigenvalue weighted by atomic mass is 10.0. The Bertz CT molecular complexity index is 1360. The van der Waals surface area contributed by atoms with Gasteiger partial charge in [0.2, 0.25) is 5.91 Å². The maximum absolute atomic E-state index is 12.6. The minimum Gasteiger partial charge on any atom is -0.394 e. The summed E-state index contributed by atoms with van der Waals surface area (Å²) in [4.78, 5) is 12.6. The fourth-order valence-corrected chi connectivity index (χ4v) is 10.5. The molecule has 0 saturated heterocycles. The number of aliphatic hydroxyl groups excluding tert-OH is 2. The normalized spacial score (nSPS) is 13.2. The van der Waals surface area contributed by atoms with Gasteiger partial charge in [0.05, 0.1) is 18.8 Å². The van der Waals surface area contributed by atoms with Crippen molar-refractivity contribution in [2.24, 2.45) is 0 Å². The first-order chi connectivity index (χ1) is 38.2. The molecule has 0 bridgehead atoms. The van der Waals surface area contributed by atoms with E-state index < -0.39 is 12.1 Å². The van der Waals surface area contributed by atoms with E-state index in [1.54, 1.807) is 0 Å². The zero-order valence-electron chi connectivity index (χ0n) is 51.7. The Morgan fingerprint density at radius 2 is 0.571 bits per heavy atom. The highest BCUT2D eigenvalue weighted by molar-refractivity contribution is 5.76. The van der Waals surface area contributed by atoms with E-state index >= 15 is 0 Å². The SMILES string of the molecule is CC/C=C\C/C=C\C/C=C\C/C=C\C/C=C\C/C=C\C/C=C\CCCCCCCCCCCCCCCCCCCCCC(=O)NC(CO)C(O)CCCCCCCCCCCCCCCCCCCCCCCCCC. The Hall–Kier alpha value is -2.43. The fraction of sp³-hybridized carbons (Fsp3) is 0.795. The molecule has 1 amide bonds. The van der Waals surface area contributed by atoms with Crippen LogP contribution in [0, 0.1) is 0 Å². The number of unbranched alkanes of at least 4 members (excludes halogenated alkanes) is 42. The molecule has 4 nitrogen and oxygen atoms in total. The van der Waals surface area contributed by atoms with Crippen molar-refractivity contribution in [2.45, 2.75) is 366 Å². The van der Waals surface area contributed by atoms with Crippen LogP contribution in [0.1, 0.15) is 354 Å². The number of allylic oxidation sites excluding steroid dienone is 14. The van der Waals surface area contributed by atoms with Crippen LogP contribution >= 0.6 is 0 Å². The second kappa shape index (κ2) is 67.8. The van der Waals surface area contributed by atoms with Crippen LogP contribution in [0.3, 0.4) is 0 Å². The summed E-state index contributed by atoms with van der Waals surface area (Å²) in [6, 6.07) is -0.539. The number of amides is 1. The van der Waals surface area contributed by atoms with Gasteiger partial charge in [0.25, 0.3) is 0 Å². The topological polar surface area (TPSA) is 69.6 Å². The van der Waals surface area contributed by atoms with Gasteiger partial charge in [0.15, 0.2) is 0 Å². The quantitative estimate of drug-likeness (QED) is 0.0420. The highest BCUT2D eigenvalue weighted by Crippen LogP contribution is 2.19. The second-order valence-corrected chi connectivity index (χ2v) is 23.2. The van der Waals surface area contributed by atoms with Crippen molar-refractivity contribution in [3.63, 3.8) is 0 Å². The molecule has 0 aromatic carbocycles. The highest BCUT2D eigenvalue weighted by Gasteiger charge is 2.20. The van der Waals surface area contributed by atoms with Crippen LogP contribution in [0.15, 0.2) is 85.1 Å². The fourth-order valence-electron chi connectivity index (χ4n) is 10.5. The second-order valence-electron chi connectivity index (χ2n) is 23.2. The summed E-state index contributed by atoms with van der Waals surface area (Å²) in [5.41, 5.74) is 0. The molecule has 0 radical (unpaired) electrons. The Morgan fingerprint density at radius 3 is 0.857 bits per heavy atom. The van der Waals surface area contributed by atoms with Crippen LogP contribution in [0.25, 0.3) is 0 Å². The molecule has 2 atom stereocenters. The van der Waals surface area contributed by atoms with E-state index in [1.807, 2.05) is 0 Å².